The van der Waals surface area contributed by atoms with Crippen molar-refractivity contribution in [3.05, 3.63) is 74.8 Å². The van der Waals surface area contributed by atoms with Crippen LogP contribution in [0.2, 0.25) is 5.02 Å². The molecule has 0 aliphatic carbocycles. The highest BCUT2D eigenvalue weighted by molar-refractivity contribution is 6.31. The lowest BCUT2D eigenvalue weighted by Crippen LogP contribution is -2.41. The molecule has 1 aliphatic heterocycles. The summed E-state index contributed by atoms with van der Waals surface area (Å²) in [5.74, 6) is -0.601. The van der Waals surface area contributed by atoms with Crippen LogP contribution >= 0.6 is 11.6 Å². The number of nitrogens with one attached hydrogen (secondary N) is 4. The summed E-state index contributed by atoms with van der Waals surface area (Å²) in [6.45, 7) is 2.30. The van der Waals surface area contributed by atoms with E-state index in [1.807, 2.05) is 6.92 Å². The topological polar surface area (TPSA) is 184 Å². The van der Waals surface area contributed by atoms with Gasteiger partial charge >= 0.3 is 5.69 Å². The first-order chi connectivity index (χ1) is 21.1. The van der Waals surface area contributed by atoms with Crippen LogP contribution in [0.5, 0.6) is 0 Å². The van der Waals surface area contributed by atoms with Crippen molar-refractivity contribution in [1.29, 1.82) is 5.41 Å². The molecule has 44 heavy (non-hydrogen) atoms. The van der Waals surface area contributed by atoms with Crippen LogP contribution in [0, 0.1) is 11.2 Å². The van der Waals surface area contributed by atoms with Crippen molar-refractivity contribution < 1.29 is 9.50 Å². The Morgan fingerprint density at radius 3 is 2.89 bits per heavy atom. The molecule has 5 rings (SSSR count). The minimum atomic E-state index is -0.551. The van der Waals surface area contributed by atoms with Gasteiger partial charge in [-0.1, -0.05) is 11.6 Å². The number of aryl methyl sites for hydroxylation is 1. The number of hydrogen-bond acceptors (Lipinski definition) is 7. The van der Waals surface area contributed by atoms with Crippen molar-refractivity contribution in [2.24, 2.45) is 11.5 Å². The number of fused-ring (bicyclic) bond motifs is 1. The zero-order chi connectivity index (χ0) is 31.4. The Hall–Kier alpha value is -3.84. The van der Waals surface area contributed by atoms with Crippen molar-refractivity contribution in [1.82, 2.24) is 30.2 Å². The molecule has 0 bridgehead atoms. The molecule has 13 heteroatoms. The smallest absolute Gasteiger partial charge is 0.354 e. The molecule has 1 saturated heterocycles. The van der Waals surface area contributed by atoms with Crippen LogP contribution in [0.25, 0.3) is 28.0 Å². The van der Waals surface area contributed by atoms with Gasteiger partial charge in [0.1, 0.15) is 5.65 Å². The molecule has 4 heterocycles. The molecule has 234 valence electrons. The average molecular weight is 624 g/mol. The average Bonchev–Trinajstić information content (AvgIpc) is 3.40. The predicted molar refractivity (Wildman–Crippen MR) is 170 cm³/mol. The maximum absolute atomic E-state index is 15.1. The number of H-pyrrole nitrogens is 1. The summed E-state index contributed by atoms with van der Waals surface area (Å²) in [4.78, 5) is 25.1. The number of benzene rings is 1. The minimum Gasteiger partial charge on any atom is -0.392 e. The quantitative estimate of drug-likeness (QED) is 0.0972. The second-order valence-electron chi connectivity index (χ2n) is 11.6. The summed E-state index contributed by atoms with van der Waals surface area (Å²) in [5, 5.41) is 24.6. The molecule has 0 radical (unpaired) electrons. The molecule has 0 amide bonds. The standard InChI is InChI=1S/C31H39ClFN9O2/c1-17(34)4-2-5-18-10-23(27(33)24(32)11-18)26-13-19-15-42(31(44)41-29(19)40-26)22-12-20(16-43)28(38-14-22)25-7-3-6-21(39-25)8-9-37-30(35)36/h10-15,17,21,25,39,43H,2-9,16,34H2,1H3,(H4,35,36,37)(H,40,41,44)/t17-,21-,25-/m0/s1. The second kappa shape index (κ2) is 13.9. The molecule has 0 spiro atoms. The van der Waals surface area contributed by atoms with Crippen LogP contribution < -0.4 is 27.8 Å². The van der Waals surface area contributed by atoms with Crippen LogP contribution in [0.15, 0.2) is 41.5 Å². The van der Waals surface area contributed by atoms with Gasteiger partial charge in [0.05, 0.1) is 40.9 Å². The van der Waals surface area contributed by atoms with Crippen molar-refractivity contribution in [2.45, 2.75) is 76.6 Å². The molecule has 1 aromatic carbocycles. The Morgan fingerprint density at radius 1 is 1.32 bits per heavy atom. The summed E-state index contributed by atoms with van der Waals surface area (Å²) in [6.07, 6.45) is 9.30. The largest absolute Gasteiger partial charge is 0.392 e. The van der Waals surface area contributed by atoms with Gasteiger partial charge in [-0.25, -0.2) is 9.18 Å². The third-order valence-corrected chi connectivity index (χ3v) is 8.34. The number of aliphatic hydroxyl groups is 1. The van der Waals surface area contributed by atoms with Gasteiger partial charge in [-0.15, -0.1) is 0 Å². The number of aromatic amines is 1. The first kappa shape index (κ1) is 31.6. The van der Waals surface area contributed by atoms with E-state index in [0.29, 0.717) is 46.5 Å². The fraction of sp³-hybridized carbons (Fsp3) is 0.419. The molecule has 3 atom stereocenters. The van der Waals surface area contributed by atoms with Crippen LogP contribution in [0.1, 0.15) is 68.3 Å². The summed E-state index contributed by atoms with van der Waals surface area (Å²) < 4.78 is 16.5. The molecule has 1 aliphatic rings. The van der Waals surface area contributed by atoms with Crippen LogP contribution in [0.3, 0.4) is 0 Å². The van der Waals surface area contributed by atoms with Gasteiger partial charge in [-0.05, 0) is 81.7 Å². The number of pyridine rings is 1. The van der Waals surface area contributed by atoms with Crippen LogP contribution in [-0.4, -0.2) is 49.2 Å². The zero-order valence-electron chi connectivity index (χ0n) is 24.7. The predicted octanol–water partition coefficient (Wildman–Crippen LogP) is 3.79. The number of aliphatic hydroxyl groups excluding tert-OH is 1. The molecule has 0 unspecified atom stereocenters. The maximum Gasteiger partial charge on any atom is 0.354 e. The highest BCUT2D eigenvalue weighted by atomic mass is 35.5. The molecule has 4 aromatic rings. The minimum absolute atomic E-state index is 0.0266. The number of nitrogens with two attached hydrogens (primary N) is 2. The van der Waals surface area contributed by atoms with E-state index in [0.717, 1.165) is 49.8 Å². The summed E-state index contributed by atoms with van der Waals surface area (Å²) >= 11 is 6.25. The van der Waals surface area contributed by atoms with E-state index in [1.54, 1.807) is 36.7 Å². The Morgan fingerprint density at radius 2 is 2.14 bits per heavy atom. The normalized spacial score (nSPS) is 17.6. The van der Waals surface area contributed by atoms with Crippen molar-refractivity contribution in [2.75, 3.05) is 6.54 Å². The van der Waals surface area contributed by atoms with Gasteiger partial charge in [0, 0.05) is 41.3 Å². The lowest BCUT2D eigenvalue weighted by Gasteiger charge is -2.32. The van der Waals surface area contributed by atoms with Gasteiger partial charge in [-0.2, -0.15) is 4.98 Å². The maximum atomic E-state index is 15.1. The van der Waals surface area contributed by atoms with E-state index in [1.165, 1.54) is 4.57 Å². The van der Waals surface area contributed by atoms with E-state index in [-0.39, 0.29) is 35.7 Å². The Labute approximate surface area is 259 Å². The van der Waals surface area contributed by atoms with E-state index in [2.05, 4.69) is 25.6 Å². The third kappa shape index (κ3) is 7.27. The summed E-state index contributed by atoms with van der Waals surface area (Å²) in [7, 11) is 0. The van der Waals surface area contributed by atoms with Crippen molar-refractivity contribution >= 4 is 28.6 Å². The monoisotopic (exact) mass is 623 g/mol. The van der Waals surface area contributed by atoms with Crippen molar-refractivity contribution in [3.8, 4) is 16.9 Å². The zero-order valence-corrected chi connectivity index (χ0v) is 25.4. The van der Waals surface area contributed by atoms with Gasteiger partial charge in [0.25, 0.3) is 0 Å². The van der Waals surface area contributed by atoms with E-state index in [4.69, 9.17) is 28.5 Å². The number of rotatable bonds is 11. The van der Waals surface area contributed by atoms with E-state index in [9.17, 15) is 9.90 Å². The Balaban J connectivity index is 1.40. The van der Waals surface area contributed by atoms with Gasteiger partial charge < -0.3 is 32.2 Å². The molecular weight excluding hydrogens is 585 g/mol. The molecule has 1 fully saturated rings. The molecule has 0 saturated carbocycles. The number of nitrogens with zero attached hydrogens (tertiary/aromatic N) is 3. The summed E-state index contributed by atoms with van der Waals surface area (Å²) in [5.41, 5.74) is 14.5. The Kier molecular flexibility index (Phi) is 9.94. The molecule has 9 N–H and O–H groups in total. The first-order valence-corrected chi connectivity index (χ1v) is 15.3. The third-order valence-electron chi connectivity index (χ3n) is 8.07. The summed E-state index contributed by atoms with van der Waals surface area (Å²) in [6, 6.07) is 7.14. The fourth-order valence-corrected chi connectivity index (χ4v) is 6.10. The molecular formula is C31H39ClFN9O2. The van der Waals surface area contributed by atoms with Crippen molar-refractivity contribution in [3.63, 3.8) is 0 Å². The lowest BCUT2D eigenvalue weighted by molar-refractivity contribution is 0.270. The number of halogens is 2. The van der Waals surface area contributed by atoms with Gasteiger partial charge in [0.15, 0.2) is 11.8 Å². The van der Waals surface area contributed by atoms with Crippen LogP contribution in [-0.2, 0) is 13.0 Å². The molecule has 11 nitrogen and oxygen atoms in total. The Bertz CT molecular complexity index is 1700. The number of hydrogen-bond donors (Lipinski definition) is 7. The fourth-order valence-electron chi connectivity index (χ4n) is 5.86. The SMILES string of the molecule is C[C@H](N)CCCc1cc(Cl)c(F)c(-c2cc3cn(-c4cnc([C@@H]5CCC[C@@H](CCNC(=N)N)N5)c(CO)c4)c(=O)nc3[nH]2)c1. The second-order valence-corrected chi connectivity index (χ2v) is 12.0. The lowest BCUT2D eigenvalue weighted by atomic mass is 9.92. The van der Waals surface area contributed by atoms with Gasteiger partial charge in [0.2, 0.25) is 0 Å². The number of piperidine rings is 1. The number of guanidine groups is 1. The van der Waals surface area contributed by atoms with E-state index < -0.39 is 11.5 Å². The highest BCUT2D eigenvalue weighted by Crippen LogP contribution is 2.32. The van der Waals surface area contributed by atoms with E-state index >= 15 is 4.39 Å². The first-order valence-electron chi connectivity index (χ1n) is 14.9. The van der Waals surface area contributed by atoms with Crippen LogP contribution in [0.4, 0.5) is 4.39 Å². The molecule has 3 aromatic heterocycles. The highest BCUT2D eigenvalue weighted by Gasteiger charge is 2.25. The number of aromatic nitrogens is 4. The van der Waals surface area contributed by atoms with Gasteiger partial charge in [-0.3, -0.25) is 15.0 Å².